The molecule has 19 heavy (non-hydrogen) atoms. The van der Waals surface area contributed by atoms with E-state index in [1.165, 1.54) is 11.6 Å². The Morgan fingerprint density at radius 3 is 2.26 bits per heavy atom. The highest BCUT2D eigenvalue weighted by Gasteiger charge is 2.05. The third-order valence-corrected chi connectivity index (χ3v) is 3.16. The van der Waals surface area contributed by atoms with Gasteiger partial charge >= 0.3 is 0 Å². The molecular formula is C15H16ClFN2. The maximum absolute atomic E-state index is 13.1. The first kappa shape index (κ1) is 13.8. The van der Waals surface area contributed by atoms with Gasteiger partial charge in [0.2, 0.25) is 0 Å². The standard InChI is InChI=1S/C15H16ClFN2/c1-19(9-11-2-5-13(18)6-3-11)10-12-4-7-15(17)14(16)8-12/h2-8H,9-10,18H2,1H3. The molecule has 2 aromatic rings. The largest absolute Gasteiger partial charge is 0.399 e. The molecule has 0 saturated heterocycles. The van der Waals surface area contributed by atoms with E-state index >= 15 is 0 Å². The minimum Gasteiger partial charge on any atom is -0.399 e. The first-order chi connectivity index (χ1) is 9.04. The van der Waals surface area contributed by atoms with Crippen LogP contribution >= 0.6 is 11.6 Å². The second-order valence-corrected chi connectivity index (χ2v) is 5.07. The molecule has 0 spiro atoms. The van der Waals surface area contributed by atoms with Gasteiger partial charge in [0.05, 0.1) is 5.02 Å². The molecule has 0 bridgehead atoms. The fraction of sp³-hybridized carbons (Fsp3) is 0.200. The summed E-state index contributed by atoms with van der Waals surface area (Å²) in [6, 6.07) is 12.6. The number of rotatable bonds is 4. The SMILES string of the molecule is CN(Cc1ccc(N)cc1)Cc1ccc(F)c(Cl)c1. The first-order valence-corrected chi connectivity index (χ1v) is 6.39. The molecule has 0 amide bonds. The number of nitrogen functional groups attached to an aromatic ring is 1. The first-order valence-electron chi connectivity index (χ1n) is 6.01. The molecule has 2 N–H and O–H groups in total. The van der Waals surface area contributed by atoms with Crippen molar-refractivity contribution < 1.29 is 4.39 Å². The molecule has 0 aliphatic heterocycles. The number of anilines is 1. The fourth-order valence-electron chi connectivity index (χ4n) is 1.94. The summed E-state index contributed by atoms with van der Waals surface area (Å²) in [5.74, 6) is -0.383. The summed E-state index contributed by atoms with van der Waals surface area (Å²) in [5, 5.41) is 0.165. The van der Waals surface area contributed by atoms with Gasteiger partial charge in [0.1, 0.15) is 5.82 Å². The Morgan fingerprint density at radius 1 is 1.05 bits per heavy atom. The lowest BCUT2D eigenvalue weighted by Gasteiger charge is -2.17. The van der Waals surface area contributed by atoms with Crippen molar-refractivity contribution >= 4 is 17.3 Å². The van der Waals surface area contributed by atoms with Crippen LogP contribution in [0.25, 0.3) is 0 Å². The van der Waals surface area contributed by atoms with E-state index in [2.05, 4.69) is 4.90 Å². The fourth-order valence-corrected chi connectivity index (χ4v) is 2.14. The van der Waals surface area contributed by atoms with E-state index in [4.69, 9.17) is 17.3 Å². The summed E-state index contributed by atoms with van der Waals surface area (Å²) >= 11 is 5.77. The third-order valence-electron chi connectivity index (χ3n) is 2.87. The number of nitrogens with two attached hydrogens (primary N) is 1. The summed E-state index contributed by atoms with van der Waals surface area (Å²) in [6.45, 7) is 1.51. The second kappa shape index (κ2) is 6.04. The van der Waals surface area contributed by atoms with Crippen LogP contribution in [0, 0.1) is 5.82 Å². The van der Waals surface area contributed by atoms with Crippen molar-refractivity contribution in [1.82, 2.24) is 4.90 Å². The monoisotopic (exact) mass is 278 g/mol. The minimum atomic E-state index is -0.383. The molecule has 0 heterocycles. The summed E-state index contributed by atoms with van der Waals surface area (Å²) in [6.07, 6.45) is 0. The second-order valence-electron chi connectivity index (χ2n) is 4.66. The number of benzene rings is 2. The highest BCUT2D eigenvalue weighted by Crippen LogP contribution is 2.17. The van der Waals surface area contributed by atoms with Crippen LogP contribution in [0.4, 0.5) is 10.1 Å². The van der Waals surface area contributed by atoms with E-state index in [0.717, 1.165) is 17.8 Å². The molecule has 0 aromatic heterocycles. The summed E-state index contributed by atoms with van der Waals surface area (Å²) in [7, 11) is 2.01. The van der Waals surface area contributed by atoms with Gasteiger partial charge in [-0.05, 0) is 42.4 Å². The smallest absolute Gasteiger partial charge is 0.141 e. The lowest BCUT2D eigenvalue weighted by molar-refractivity contribution is 0.319. The Morgan fingerprint density at radius 2 is 1.63 bits per heavy atom. The van der Waals surface area contributed by atoms with Crippen LogP contribution in [-0.2, 0) is 13.1 Å². The van der Waals surface area contributed by atoms with Gasteiger partial charge in [0.25, 0.3) is 0 Å². The van der Waals surface area contributed by atoms with Crippen LogP contribution < -0.4 is 5.73 Å². The van der Waals surface area contributed by atoms with Crippen LogP contribution in [0.15, 0.2) is 42.5 Å². The molecule has 0 radical (unpaired) electrons. The Bertz CT molecular complexity index is 555. The summed E-state index contributed by atoms with van der Waals surface area (Å²) in [4.78, 5) is 2.13. The summed E-state index contributed by atoms with van der Waals surface area (Å²) < 4.78 is 13.1. The van der Waals surface area contributed by atoms with Crippen molar-refractivity contribution in [3.8, 4) is 0 Å². The molecule has 0 fully saturated rings. The maximum atomic E-state index is 13.1. The van der Waals surface area contributed by atoms with E-state index in [0.29, 0.717) is 6.54 Å². The highest BCUT2D eigenvalue weighted by atomic mass is 35.5. The Balaban J connectivity index is 1.98. The van der Waals surface area contributed by atoms with Gasteiger partial charge in [-0.15, -0.1) is 0 Å². The zero-order valence-electron chi connectivity index (χ0n) is 10.7. The average molecular weight is 279 g/mol. The molecule has 2 aromatic carbocycles. The van der Waals surface area contributed by atoms with E-state index < -0.39 is 0 Å². The van der Waals surface area contributed by atoms with Gasteiger partial charge in [-0.25, -0.2) is 4.39 Å². The molecule has 0 unspecified atom stereocenters. The zero-order valence-corrected chi connectivity index (χ0v) is 11.5. The topological polar surface area (TPSA) is 29.3 Å². The summed E-state index contributed by atoms with van der Waals surface area (Å²) in [5.41, 5.74) is 8.58. The minimum absolute atomic E-state index is 0.165. The predicted molar refractivity (Wildman–Crippen MR) is 77.4 cm³/mol. The molecule has 0 saturated carbocycles. The zero-order chi connectivity index (χ0) is 13.8. The van der Waals surface area contributed by atoms with Crippen LogP contribution in [0.1, 0.15) is 11.1 Å². The number of hydrogen-bond acceptors (Lipinski definition) is 2. The third kappa shape index (κ3) is 3.94. The van der Waals surface area contributed by atoms with Crippen molar-refractivity contribution in [2.45, 2.75) is 13.1 Å². The lowest BCUT2D eigenvalue weighted by atomic mass is 10.1. The van der Waals surface area contributed by atoms with E-state index in [9.17, 15) is 4.39 Å². The maximum Gasteiger partial charge on any atom is 0.141 e. The van der Waals surface area contributed by atoms with Gasteiger partial charge in [0, 0.05) is 18.8 Å². The number of halogens is 2. The molecule has 0 aliphatic rings. The van der Waals surface area contributed by atoms with Crippen LogP contribution in [0.2, 0.25) is 5.02 Å². The molecule has 2 rings (SSSR count). The molecule has 0 atom stereocenters. The van der Waals surface area contributed by atoms with Crippen molar-refractivity contribution in [1.29, 1.82) is 0 Å². The van der Waals surface area contributed by atoms with Gasteiger partial charge in [-0.1, -0.05) is 29.8 Å². The normalized spacial score (nSPS) is 10.9. The van der Waals surface area contributed by atoms with E-state index in [1.54, 1.807) is 12.1 Å². The van der Waals surface area contributed by atoms with Gasteiger partial charge in [0.15, 0.2) is 0 Å². The molecular weight excluding hydrogens is 263 g/mol. The van der Waals surface area contributed by atoms with Crippen LogP contribution in [0.5, 0.6) is 0 Å². The van der Waals surface area contributed by atoms with Crippen molar-refractivity contribution in [3.63, 3.8) is 0 Å². The van der Waals surface area contributed by atoms with Gasteiger partial charge in [-0.3, -0.25) is 4.90 Å². The number of hydrogen-bond donors (Lipinski definition) is 1. The molecule has 4 heteroatoms. The van der Waals surface area contributed by atoms with Crippen molar-refractivity contribution in [2.24, 2.45) is 0 Å². The van der Waals surface area contributed by atoms with Crippen molar-refractivity contribution in [3.05, 3.63) is 64.4 Å². The van der Waals surface area contributed by atoms with Gasteiger partial charge in [-0.2, -0.15) is 0 Å². The Hall–Kier alpha value is -1.58. The van der Waals surface area contributed by atoms with E-state index in [-0.39, 0.29) is 10.8 Å². The number of nitrogens with zero attached hydrogens (tertiary/aromatic N) is 1. The van der Waals surface area contributed by atoms with Crippen LogP contribution in [0.3, 0.4) is 0 Å². The average Bonchev–Trinajstić information content (AvgIpc) is 2.37. The quantitative estimate of drug-likeness (QED) is 0.864. The highest BCUT2D eigenvalue weighted by molar-refractivity contribution is 6.30. The molecule has 2 nitrogen and oxygen atoms in total. The molecule has 0 aliphatic carbocycles. The van der Waals surface area contributed by atoms with Gasteiger partial charge < -0.3 is 5.73 Å². The van der Waals surface area contributed by atoms with Crippen molar-refractivity contribution in [2.75, 3.05) is 12.8 Å². The van der Waals surface area contributed by atoms with E-state index in [1.807, 2.05) is 31.3 Å². The predicted octanol–water partition coefficient (Wildman–Crippen LogP) is 3.69. The Labute approximate surface area is 117 Å². The van der Waals surface area contributed by atoms with Crippen LogP contribution in [-0.4, -0.2) is 11.9 Å². The lowest BCUT2D eigenvalue weighted by Crippen LogP contribution is -2.17. The molecule has 100 valence electrons. The Kier molecular flexibility index (Phi) is 4.40.